The maximum absolute atomic E-state index is 13.5. The average Bonchev–Trinajstić information content (AvgIpc) is 3.41. The Morgan fingerprint density at radius 2 is 1.54 bits per heavy atom. The number of hydrogen-bond donors (Lipinski definition) is 3. The standard InChI is InChI=1S/C31H33N3O5/c1-17(2)19-12-13-30(4,23-14-25(35)33-28(23)37)31(16-19,24-15-26(36)34-29(24)38)22-7-5-6-18(3)27(22)39-21-10-8-20(32)9-11-21/h5-11,14-15,17,19H,12-13,16,32H2,1-4H3,(H,33,35,37)(H,34,36,38). The van der Waals surface area contributed by atoms with Crippen molar-refractivity contribution >= 4 is 29.3 Å². The molecule has 3 aliphatic rings. The van der Waals surface area contributed by atoms with Crippen LogP contribution in [-0.4, -0.2) is 23.6 Å². The molecule has 5 rings (SSSR count). The Morgan fingerprint density at radius 1 is 0.923 bits per heavy atom. The van der Waals surface area contributed by atoms with Crippen LogP contribution >= 0.6 is 0 Å². The number of carbonyl (C=O) groups is 4. The molecule has 1 saturated carbocycles. The molecule has 0 aromatic heterocycles. The van der Waals surface area contributed by atoms with Crippen LogP contribution in [0, 0.1) is 24.2 Å². The Kier molecular flexibility index (Phi) is 6.45. The Labute approximate surface area is 227 Å². The van der Waals surface area contributed by atoms with Crippen LogP contribution in [0.25, 0.3) is 0 Å². The van der Waals surface area contributed by atoms with Gasteiger partial charge in [0.05, 0.1) is 0 Å². The Bertz CT molecular complexity index is 1460. The molecule has 3 unspecified atom stereocenters. The number of nitrogens with one attached hydrogen (secondary N) is 2. The fraction of sp³-hybridized carbons (Fsp3) is 0.355. The fourth-order valence-corrected chi connectivity index (χ4v) is 6.63. The third kappa shape index (κ3) is 4.24. The molecule has 8 heteroatoms. The van der Waals surface area contributed by atoms with E-state index in [4.69, 9.17) is 10.5 Å². The van der Waals surface area contributed by atoms with E-state index in [1.165, 1.54) is 12.2 Å². The summed E-state index contributed by atoms with van der Waals surface area (Å²) in [6.45, 7) is 8.13. The van der Waals surface area contributed by atoms with Crippen LogP contribution in [0.3, 0.4) is 0 Å². The first-order valence-electron chi connectivity index (χ1n) is 13.2. The lowest BCUT2D eigenvalue weighted by atomic mass is 9.46. The second-order valence-electron chi connectivity index (χ2n) is 11.4. The monoisotopic (exact) mass is 527 g/mol. The van der Waals surface area contributed by atoms with E-state index in [0.717, 1.165) is 12.0 Å². The van der Waals surface area contributed by atoms with Crippen molar-refractivity contribution in [2.45, 2.75) is 52.4 Å². The number of aryl methyl sites for hydroxylation is 1. The number of nitrogens with two attached hydrogens (primary N) is 1. The summed E-state index contributed by atoms with van der Waals surface area (Å²) in [5, 5.41) is 4.82. The third-order valence-electron chi connectivity index (χ3n) is 8.81. The number of amides is 4. The molecule has 8 nitrogen and oxygen atoms in total. The number of benzene rings is 2. The van der Waals surface area contributed by atoms with E-state index in [9.17, 15) is 19.2 Å². The van der Waals surface area contributed by atoms with Crippen molar-refractivity contribution in [1.82, 2.24) is 10.6 Å². The van der Waals surface area contributed by atoms with Crippen LogP contribution in [0.5, 0.6) is 11.5 Å². The summed E-state index contributed by atoms with van der Waals surface area (Å²) < 4.78 is 6.51. The van der Waals surface area contributed by atoms with Crippen molar-refractivity contribution in [3.05, 3.63) is 76.9 Å². The summed E-state index contributed by atoms with van der Waals surface area (Å²) >= 11 is 0. The average molecular weight is 528 g/mol. The van der Waals surface area contributed by atoms with Gasteiger partial charge in [0.25, 0.3) is 23.6 Å². The zero-order valence-electron chi connectivity index (χ0n) is 22.6. The van der Waals surface area contributed by atoms with Crippen LogP contribution in [0.4, 0.5) is 5.69 Å². The van der Waals surface area contributed by atoms with Gasteiger partial charge < -0.3 is 10.5 Å². The van der Waals surface area contributed by atoms with Crippen molar-refractivity contribution in [2.75, 3.05) is 5.73 Å². The minimum absolute atomic E-state index is 0.174. The molecule has 1 aliphatic carbocycles. The first kappa shape index (κ1) is 26.4. The molecule has 39 heavy (non-hydrogen) atoms. The van der Waals surface area contributed by atoms with Crippen molar-refractivity contribution in [3.8, 4) is 11.5 Å². The van der Waals surface area contributed by atoms with E-state index in [-0.39, 0.29) is 17.4 Å². The first-order chi connectivity index (χ1) is 18.5. The van der Waals surface area contributed by atoms with Gasteiger partial charge in [-0.3, -0.25) is 29.8 Å². The Balaban J connectivity index is 1.84. The van der Waals surface area contributed by atoms with Gasteiger partial charge in [-0.25, -0.2) is 0 Å². The molecular formula is C31H33N3O5. The molecule has 2 aliphatic heterocycles. The van der Waals surface area contributed by atoms with Crippen molar-refractivity contribution in [1.29, 1.82) is 0 Å². The van der Waals surface area contributed by atoms with Gasteiger partial charge in [-0.1, -0.05) is 39.0 Å². The van der Waals surface area contributed by atoms with E-state index in [1.807, 2.05) is 32.0 Å². The Hall–Kier alpha value is -4.20. The predicted octanol–water partition coefficient (Wildman–Crippen LogP) is 4.24. The number of carbonyl (C=O) groups excluding carboxylic acids is 4. The highest BCUT2D eigenvalue weighted by Crippen LogP contribution is 2.64. The van der Waals surface area contributed by atoms with E-state index < -0.39 is 34.5 Å². The molecule has 2 heterocycles. The zero-order chi connectivity index (χ0) is 28.1. The van der Waals surface area contributed by atoms with Crippen LogP contribution in [0.1, 0.15) is 51.2 Å². The van der Waals surface area contributed by atoms with Crippen LogP contribution in [0.2, 0.25) is 0 Å². The molecule has 0 saturated heterocycles. The molecule has 0 radical (unpaired) electrons. The maximum atomic E-state index is 13.5. The lowest BCUT2D eigenvalue weighted by Crippen LogP contribution is -2.54. The number of imide groups is 2. The van der Waals surface area contributed by atoms with E-state index in [1.54, 1.807) is 24.3 Å². The van der Waals surface area contributed by atoms with Crippen molar-refractivity contribution < 1.29 is 23.9 Å². The molecule has 4 N–H and O–H groups in total. The number of nitrogen functional groups attached to an aromatic ring is 1. The van der Waals surface area contributed by atoms with Crippen LogP contribution in [-0.2, 0) is 24.6 Å². The van der Waals surface area contributed by atoms with E-state index in [2.05, 4.69) is 24.5 Å². The summed E-state index contributed by atoms with van der Waals surface area (Å²) in [5.41, 5.74) is 6.43. The highest BCUT2D eigenvalue weighted by Gasteiger charge is 2.62. The van der Waals surface area contributed by atoms with Gasteiger partial charge in [0.2, 0.25) is 0 Å². The number of hydrogen-bond acceptors (Lipinski definition) is 6. The van der Waals surface area contributed by atoms with Crippen molar-refractivity contribution in [3.63, 3.8) is 0 Å². The topological polar surface area (TPSA) is 128 Å². The van der Waals surface area contributed by atoms with Crippen LogP contribution < -0.4 is 21.1 Å². The highest BCUT2D eigenvalue weighted by molar-refractivity contribution is 6.19. The van der Waals surface area contributed by atoms with Gasteiger partial charge in [-0.2, -0.15) is 0 Å². The van der Waals surface area contributed by atoms with E-state index >= 15 is 0 Å². The summed E-state index contributed by atoms with van der Waals surface area (Å²) in [4.78, 5) is 51.8. The molecule has 3 atom stereocenters. The molecular weight excluding hydrogens is 494 g/mol. The van der Waals surface area contributed by atoms with E-state index in [0.29, 0.717) is 41.2 Å². The maximum Gasteiger partial charge on any atom is 0.255 e. The summed E-state index contributed by atoms with van der Waals surface area (Å²) in [6, 6.07) is 12.7. The molecule has 4 amide bonds. The van der Waals surface area contributed by atoms with Gasteiger partial charge in [-0.15, -0.1) is 0 Å². The first-order valence-corrected chi connectivity index (χ1v) is 13.2. The lowest BCUT2D eigenvalue weighted by molar-refractivity contribution is -0.127. The van der Waals surface area contributed by atoms with Crippen LogP contribution in [0.15, 0.2) is 65.8 Å². The summed E-state index contributed by atoms with van der Waals surface area (Å²) in [7, 11) is 0. The molecule has 202 valence electrons. The van der Waals surface area contributed by atoms with Gasteiger partial charge in [-0.05, 0) is 67.9 Å². The molecule has 0 spiro atoms. The smallest absolute Gasteiger partial charge is 0.255 e. The number of para-hydroxylation sites is 1. The number of anilines is 1. The number of rotatable bonds is 6. The normalized spacial score (nSPS) is 26.8. The third-order valence-corrected chi connectivity index (χ3v) is 8.81. The molecule has 1 fully saturated rings. The van der Waals surface area contributed by atoms with Gasteiger partial charge in [0.15, 0.2) is 0 Å². The highest BCUT2D eigenvalue weighted by atomic mass is 16.5. The zero-order valence-corrected chi connectivity index (χ0v) is 22.6. The molecule has 0 bridgehead atoms. The van der Waals surface area contributed by atoms with Gasteiger partial charge in [0, 0.05) is 45.4 Å². The minimum Gasteiger partial charge on any atom is -0.457 e. The second-order valence-corrected chi connectivity index (χ2v) is 11.4. The quantitative estimate of drug-likeness (QED) is 0.381. The summed E-state index contributed by atoms with van der Waals surface area (Å²) in [6.07, 6.45) is 4.49. The summed E-state index contributed by atoms with van der Waals surface area (Å²) in [5.74, 6) is -0.424. The fourth-order valence-electron chi connectivity index (χ4n) is 6.63. The van der Waals surface area contributed by atoms with Gasteiger partial charge >= 0.3 is 0 Å². The molecule has 2 aromatic carbocycles. The number of ether oxygens (including phenoxy) is 1. The van der Waals surface area contributed by atoms with Crippen molar-refractivity contribution in [2.24, 2.45) is 17.3 Å². The largest absolute Gasteiger partial charge is 0.457 e. The predicted molar refractivity (Wildman–Crippen MR) is 147 cm³/mol. The molecule has 2 aromatic rings. The minimum atomic E-state index is -1.15. The van der Waals surface area contributed by atoms with Gasteiger partial charge in [0.1, 0.15) is 11.5 Å². The second kappa shape index (κ2) is 9.52. The SMILES string of the molecule is Cc1cccc(C2(C3=CC(=O)NC3=O)CC(C(C)C)CCC2(C)C2=CC(=O)NC2=O)c1Oc1ccc(N)cc1. The Morgan fingerprint density at radius 3 is 2.10 bits per heavy atom. The lowest BCUT2D eigenvalue weighted by Gasteiger charge is -2.56.